The molecule has 0 aromatic rings. The van der Waals surface area contributed by atoms with Gasteiger partial charge in [-0.25, -0.2) is 0 Å². The lowest BCUT2D eigenvalue weighted by Gasteiger charge is -1.96. The number of hydrogen-bond acceptors (Lipinski definition) is 0. The van der Waals surface area contributed by atoms with Gasteiger partial charge in [-0.15, -0.1) is 0 Å². The van der Waals surface area contributed by atoms with E-state index in [1.807, 2.05) is 0 Å². The predicted molar refractivity (Wildman–Crippen MR) is 60.9 cm³/mol. The Labute approximate surface area is 85.6 Å². The van der Waals surface area contributed by atoms with Crippen molar-refractivity contribution in [1.82, 2.24) is 0 Å². The van der Waals surface area contributed by atoms with Crippen LogP contribution in [-0.4, -0.2) is 4.83 Å². The minimum atomic E-state index is 0.535. The number of hydrogen-bond donors (Lipinski definition) is 0. The van der Waals surface area contributed by atoms with Gasteiger partial charge in [0, 0.05) is 4.83 Å². The average Bonchev–Trinajstić information content (AvgIpc) is 2.02. The summed E-state index contributed by atoms with van der Waals surface area (Å²) >= 11 is 3.48. The lowest BCUT2D eigenvalue weighted by atomic mass is 10.1. The van der Waals surface area contributed by atoms with Crippen LogP contribution in [0.25, 0.3) is 0 Å². The molecule has 0 spiro atoms. The minimum absolute atomic E-state index is 0.535. The summed E-state index contributed by atoms with van der Waals surface area (Å²) < 4.78 is 0. The Morgan fingerprint density at radius 1 is 1.17 bits per heavy atom. The number of alkyl halides is 1. The normalized spacial score (nSPS) is 13.9. The summed E-state index contributed by atoms with van der Waals surface area (Å²) in [5, 5.41) is 0. The fraction of sp³-hybridized carbons (Fsp3) is 0.818. The molecule has 0 radical (unpaired) electrons. The van der Waals surface area contributed by atoms with Crippen LogP contribution >= 0.6 is 15.9 Å². The number of unbranched alkanes of at least 4 members (excludes halogenated alkanes) is 5. The molecule has 1 atom stereocenters. The molecule has 72 valence electrons. The topological polar surface area (TPSA) is 0 Å². The van der Waals surface area contributed by atoms with Crippen molar-refractivity contribution in [2.45, 2.75) is 57.2 Å². The Balaban J connectivity index is 3.00. The SMILES string of the molecule is CCCCCCC/C=C/C(C)Br. The molecule has 1 unspecified atom stereocenters. The molecule has 0 saturated carbocycles. The number of allylic oxidation sites excluding steroid dienone is 2. The van der Waals surface area contributed by atoms with Gasteiger partial charge >= 0.3 is 0 Å². The molecule has 0 N–H and O–H groups in total. The fourth-order valence-corrected chi connectivity index (χ4v) is 1.37. The molecule has 0 saturated heterocycles. The maximum atomic E-state index is 3.48. The van der Waals surface area contributed by atoms with Crippen LogP contribution in [0.15, 0.2) is 12.2 Å². The molecule has 1 heteroatoms. The van der Waals surface area contributed by atoms with Crippen LogP contribution in [0.1, 0.15) is 52.4 Å². The highest BCUT2D eigenvalue weighted by Crippen LogP contribution is 2.06. The van der Waals surface area contributed by atoms with E-state index in [0.717, 1.165) is 0 Å². The highest BCUT2D eigenvalue weighted by atomic mass is 79.9. The lowest BCUT2D eigenvalue weighted by molar-refractivity contribution is 0.637. The van der Waals surface area contributed by atoms with E-state index in [1.54, 1.807) is 0 Å². The zero-order chi connectivity index (χ0) is 9.23. The van der Waals surface area contributed by atoms with Crippen molar-refractivity contribution in [3.8, 4) is 0 Å². The largest absolute Gasteiger partial charge is 0.0874 e. The van der Waals surface area contributed by atoms with E-state index in [2.05, 4.69) is 41.9 Å². The molecule has 0 rings (SSSR count). The maximum absolute atomic E-state index is 3.48. The summed E-state index contributed by atoms with van der Waals surface area (Å²) in [5.74, 6) is 0. The lowest BCUT2D eigenvalue weighted by Crippen LogP contribution is -1.80. The third-order valence-corrected chi connectivity index (χ3v) is 2.18. The van der Waals surface area contributed by atoms with Crippen LogP contribution in [0.2, 0.25) is 0 Å². The Morgan fingerprint density at radius 2 is 1.83 bits per heavy atom. The van der Waals surface area contributed by atoms with Gasteiger partial charge in [-0.05, 0) is 19.8 Å². The van der Waals surface area contributed by atoms with Crippen molar-refractivity contribution in [2.75, 3.05) is 0 Å². The van der Waals surface area contributed by atoms with Gasteiger partial charge in [0.25, 0.3) is 0 Å². The second-order valence-corrected chi connectivity index (χ2v) is 4.75. The van der Waals surface area contributed by atoms with Crippen LogP contribution < -0.4 is 0 Å². The van der Waals surface area contributed by atoms with Crippen LogP contribution in [-0.2, 0) is 0 Å². The molecule has 0 aliphatic carbocycles. The molecule has 0 aromatic heterocycles. The van der Waals surface area contributed by atoms with E-state index >= 15 is 0 Å². The maximum Gasteiger partial charge on any atom is 0.0297 e. The van der Waals surface area contributed by atoms with Crippen LogP contribution in [0.5, 0.6) is 0 Å². The molecule has 0 nitrogen and oxygen atoms in total. The second kappa shape index (κ2) is 9.31. The molecule has 0 aromatic carbocycles. The Hall–Kier alpha value is 0.220. The van der Waals surface area contributed by atoms with Crippen LogP contribution in [0.4, 0.5) is 0 Å². The van der Waals surface area contributed by atoms with Crippen molar-refractivity contribution in [3.05, 3.63) is 12.2 Å². The monoisotopic (exact) mass is 232 g/mol. The summed E-state index contributed by atoms with van der Waals surface area (Å²) in [6.45, 7) is 4.40. The standard InChI is InChI=1S/C11H21Br/c1-3-4-5-6-7-8-9-10-11(2)12/h9-11H,3-8H2,1-2H3/b10-9+. The zero-order valence-corrected chi connectivity index (χ0v) is 9.94. The summed E-state index contributed by atoms with van der Waals surface area (Å²) in [7, 11) is 0. The Bertz CT molecular complexity index is 106. The fourth-order valence-electron chi connectivity index (χ4n) is 1.15. The highest BCUT2D eigenvalue weighted by Gasteiger charge is 1.87. The van der Waals surface area contributed by atoms with Crippen LogP contribution in [0, 0.1) is 0 Å². The molecule has 0 fully saturated rings. The summed E-state index contributed by atoms with van der Waals surface area (Å²) in [4.78, 5) is 0.535. The first-order valence-corrected chi connectivity index (χ1v) is 5.99. The third kappa shape index (κ3) is 10.2. The summed E-state index contributed by atoms with van der Waals surface area (Å²) in [6, 6.07) is 0. The van der Waals surface area contributed by atoms with E-state index < -0.39 is 0 Å². The van der Waals surface area contributed by atoms with Gasteiger partial charge in [-0.3, -0.25) is 0 Å². The molecular formula is C11H21Br. The van der Waals surface area contributed by atoms with Gasteiger partial charge in [0.2, 0.25) is 0 Å². The molecule has 12 heavy (non-hydrogen) atoms. The van der Waals surface area contributed by atoms with Gasteiger partial charge < -0.3 is 0 Å². The van der Waals surface area contributed by atoms with E-state index in [0.29, 0.717) is 4.83 Å². The van der Waals surface area contributed by atoms with E-state index in [9.17, 15) is 0 Å². The van der Waals surface area contributed by atoms with Gasteiger partial charge in [0.1, 0.15) is 0 Å². The van der Waals surface area contributed by atoms with Crippen molar-refractivity contribution in [3.63, 3.8) is 0 Å². The van der Waals surface area contributed by atoms with Crippen molar-refractivity contribution < 1.29 is 0 Å². The first kappa shape index (κ1) is 12.2. The minimum Gasteiger partial charge on any atom is -0.0874 e. The quantitative estimate of drug-likeness (QED) is 0.340. The van der Waals surface area contributed by atoms with Crippen molar-refractivity contribution in [1.29, 1.82) is 0 Å². The summed E-state index contributed by atoms with van der Waals surface area (Å²) in [6.07, 6.45) is 12.7. The molecule has 0 heterocycles. The number of rotatable bonds is 7. The first-order chi connectivity index (χ1) is 5.77. The highest BCUT2D eigenvalue weighted by molar-refractivity contribution is 9.09. The second-order valence-electron chi connectivity index (χ2n) is 3.31. The van der Waals surface area contributed by atoms with Gasteiger partial charge in [-0.1, -0.05) is 60.7 Å². The van der Waals surface area contributed by atoms with E-state index in [1.165, 1.54) is 38.5 Å². The zero-order valence-electron chi connectivity index (χ0n) is 8.35. The molecular weight excluding hydrogens is 212 g/mol. The van der Waals surface area contributed by atoms with Gasteiger partial charge in [0.05, 0.1) is 0 Å². The molecule has 0 bridgehead atoms. The third-order valence-electron chi connectivity index (χ3n) is 1.88. The van der Waals surface area contributed by atoms with E-state index in [4.69, 9.17) is 0 Å². The van der Waals surface area contributed by atoms with Gasteiger partial charge in [0.15, 0.2) is 0 Å². The van der Waals surface area contributed by atoms with Crippen LogP contribution in [0.3, 0.4) is 0 Å². The number of halogens is 1. The first-order valence-electron chi connectivity index (χ1n) is 5.08. The van der Waals surface area contributed by atoms with Crippen molar-refractivity contribution >= 4 is 15.9 Å². The van der Waals surface area contributed by atoms with Crippen molar-refractivity contribution in [2.24, 2.45) is 0 Å². The molecule has 0 aliphatic rings. The summed E-state index contributed by atoms with van der Waals surface area (Å²) in [5.41, 5.74) is 0. The average molecular weight is 233 g/mol. The van der Waals surface area contributed by atoms with Gasteiger partial charge in [-0.2, -0.15) is 0 Å². The van der Waals surface area contributed by atoms with E-state index in [-0.39, 0.29) is 0 Å². The predicted octanol–water partition coefficient (Wildman–Crippen LogP) is 4.69. The molecule has 0 amide bonds. The smallest absolute Gasteiger partial charge is 0.0297 e. The Morgan fingerprint density at radius 3 is 2.42 bits per heavy atom. The Kier molecular flexibility index (Phi) is 9.48. The molecule has 0 aliphatic heterocycles.